The van der Waals surface area contributed by atoms with Gasteiger partial charge in [-0.2, -0.15) is 0 Å². The minimum absolute atomic E-state index is 0. The third-order valence-electron chi connectivity index (χ3n) is 0.771. The molecule has 0 heterocycles. The Morgan fingerprint density at radius 3 is 1.67 bits per heavy atom. The topological polar surface area (TPSA) is 80.6 Å². The van der Waals surface area contributed by atoms with Gasteiger partial charge >= 0.3 is 37.7 Å². The van der Waals surface area contributed by atoms with Crippen LogP contribution >= 0.6 is 0 Å². The Balaban J connectivity index is -0.000000142. The van der Waals surface area contributed by atoms with Gasteiger partial charge in [0.2, 0.25) is 6.16 Å². The van der Waals surface area contributed by atoms with Crippen molar-refractivity contribution in [3.63, 3.8) is 0 Å². The summed E-state index contributed by atoms with van der Waals surface area (Å²) in [5, 5.41) is 23.7. The first-order valence-corrected chi connectivity index (χ1v) is 3.11. The molecule has 0 bridgehead atoms. The fourth-order valence-corrected chi connectivity index (χ4v) is 0.300. The summed E-state index contributed by atoms with van der Waals surface area (Å²) in [5.41, 5.74) is 0. The van der Waals surface area contributed by atoms with Crippen LogP contribution in [0.4, 0.5) is 4.79 Å². The van der Waals surface area contributed by atoms with Crippen LogP contribution in [0.15, 0.2) is 0 Å². The third kappa shape index (κ3) is 47.1. The molecule has 0 radical (unpaired) electrons. The van der Waals surface area contributed by atoms with Crippen molar-refractivity contribution in [1.29, 1.82) is 0 Å². The normalized spacial score (nSPS) is 9.00. The molecule has 0 saturated heterocycles. The van der Waals surface area contributed by atoms with Gasteiger partial charge in [-0.15, -0.1) is 0 Å². The number of hydrogen-bond donors (Lipinski definition) is 2. The van der Waals surface area contributed by atoms with Gasteiger partial charge in [-0.1, -0.05) is 0 Å². The van der Waals surface area contributed by atoms with Gasteiger partial charge < -0.3 is 24.6 Å². The number of carboxylic acid groups (broad SMARTS) is 2. The minimum atomic E-state index is -2.08. The summed E-state index contributed by atoms with van der Waals surface area (Å²) in [7, 11) is 6.16. The molecule has 0 unspecified atom stereocenters. The van der Waals surface area contributed by atoms with Crippen LogP contribution in [0.1, 0.15) is 0 Å². The molecule has 0 aliphatic rings. The maximum atomic E-state index is 8.44. The summed E-state index contributed by atoms with van der Waals surface area (Å²) in [5.74, 6) is 0. The Morgan fingerprint density at radius 1 is 1.42 bits per heavy atom. The molecular weight excluding hydrogens is 190 g/mol. The fraction of sp³-hybridized carbons (Fsp3) is 0.833. The van der Waals surface area contributed by atoms with Crippen molar-refractivity contribution in [1.82, 2.24) is 0 Å². The zero-order chi connectivity index (χ0) is 9.49. The Hall–Kier alpha value is 0.450. The number of aliphatic hydroxyl groups excluding tert-OH is 1. The number of quaternary nitrogens is 1. The predicted octanol–water partition coefficient (Wildman–Crippen LogP) is -2.34. The summed E-state index contributed by atoms with van der Waals surface area (Å²) in [6.45, 7) is 1.11. The molecule has 0 aliphatic heterocycles. The van der Waals surface area contributed by atoms with Gasteiger partial charge in [0.1, 0.15) is 6.54 Å². The van der Waals surface area contributed by atoms with Gasteiger partial charge in [0, 0.05) is 0 Å². The monoisotopic (exact) mass is 207 g/mol. The maximum absolute atomic E-state index is 8.44. The van der Waals surface area contributed by atoms with Crippen LogP contribution in [-0.4, -0.2) is 92.9 Å². The summed E-state index contributed by atoms with van der Waals surface area (Å²) in [6.07, 6.45) is -2.08. The molecule has 0 amide bonds. The van der Waals surface area contributed by atoms with Crippen LogP contribution in [-0.2, 0) is 0 Å². The van der Waals surface area contributed by atoms with Crippen molar-refractivity contribution in [2.75, 3.05) is 34.3 Å². The standard InChI is InChI=1S/C5H14NO.CH2O3.Ca.2H/c1-6(2,3)4-5-7;2-1(3)4;;;/h7H,4-5H2,1-3H3;(H2,2,3,4);;;/q+1;;;;/p-1. The number of likely N-dealkylation sites (N-methyl/N-ethyl adjacent to an activating group) is 1. The number of hydrogen-bond acceptors (Lipinski definition) is 3. The van der Waals surface area contributed by atoms with Gasteiger partial charge in [0.25, 0.3) is 0 Å². The average molecular weight is 207 g/mol. The number of rotatable bonds is 2. The van der Waals surface area contributed by atoms with E-state index in [9.17, 15) is 0 Å². The van der Waals surface area contributed by atoms with E-state index in [0.29, 0.717) is 0 Å². The van der Waals surface area contributed by atoms with Gasteiger partial charge in [-0.05, 0) is 0 Å². The first kappa shape index (κ1) is 18.3. The SMILES string of the molecule is C[N+](C)(C)CCO.O=C([O-])O.[CaH2]. The van der Waals surface area contributed by atoms with Gasteiger partial charge in [-0.3, -0.25) is 0 Å². The molecule has 0 aromatic heterocycles. The summed E-state index contributed by atoms with van der Waals surface area (Å²) in [6, 6.07) is 0. The van der Waals surface area contributed by atoms with E-state index in [1.807, 2.05) is 0 Å². The van der Waals surface area contributed by atoms with Crippen molar-refractivity contribution in [3.8, 4) is 0 Å². The second-order valence-corrected chi connectivity index (χ2v) is 3.00. The first-order valence-electron chi connectivity index (χ1n) is 3.11. The summed E-state index contributed by atoms with van der Waals surface area (Å²) < 4.78 is 0.844. The van der Waals surface area contributed by atoms with E-state index in [2.05, 4.69) is 21.1 Å². The molecule has 12 heavy (non-hydrogen) atoms. The van der Waals surface area contributed by atoms with Gasteiger partial charge in [0.15, 0.2) is 0 Å². The van der Waals surface area contributed by atoms with E-state index in [1.54, 1.807) is 0 Å². The van der Waals surface area contributed by atoms with Crippen LogP contribution < -0.4 is 5.11 Å². The number of nitrogens with zero attached hydrogens (tertiary/aromatic N) is 1. The molecule has 0 atom stereocenters. The number of aliphatic hydroxyl groups is 1. The van der Waals surface area contributed by atoms with Crippen LogP contribution in [0, 0.1) is 0 Å². The van der Waals surface area contributed by atoms with Crippen LogP contribution in [0.3, 0.4) is 0 Å². The fourth-order valence-electron chi connectivity index (χ4n) is 0.300. The molecular formula is C6H17CaNO4. The first-order chi connectivity index (χ1) is 4.79. The van der Waals surface area contributed by atoms with Crippen molar-refractivity contribution >= 4 is 43.9 Å². The Labute approximate surface area is 102 Å². The van der Waals surface area contributed by atoms with Gasteiger partial charge in [-0.25, -0.2) is 0 Å². The molecule has 0 saturated carbocycles. The Morgan fingerprint density at radius 2 is 1.67 bits per heavy atom. The van der Waals surface area contributed by atoms with Crippen molar-refractivity contribution in [3.05, 3.63) is 0 Å². The van der Waals surface area contributed by atoms with E-state index in [-0.39, 0.29) is 44.3 Å². The summed E-state index contributed by atoms with van der Waals surface area (Å²) in [4.78, 5) is 8.44. The van der Waals surface area contributed by atoms with Gasteiger partial charge in [0.05, 0.1) is 27.7 Å². The zero-order valence-electron chi connectivity index (χ0n) is 7.07. The molecule has 6 heteroatoms. The molecule has 0 fully saturated rings. The van der Waals surface area contributed by atoms with E-state index in [0.717, 1.165) is 11.0 Å². The van der Waals surface area contributed by atoms with Crippen LogP contribution in [0.25, 0.3) is 0 Å². The molecule has 72 valence electrons. The summed E-state index contributed by atoms with van der Waals surface area (Å²) >= 11 is 0. The second kappa shape index (κ2) is 9.54. The van der Waals surface area contributed by atoms with E-state index < -0.39 is 6.16 Å². The second-order valence-electron chi connectivity index (χ2n) is 3.00. The average Bonchev–Trinajstić information content (AvgIpc) is 1.58. The van der Waals surface area contributed by atoms with Crippen LogP contribution in [0.2, 0.25) is 0 Å². The number of carbonyl (C=O) groups is 1. The Kier molecular flexibility index (Phi) is 14.5. The van der Waals surface area contributed by atoms with Crippen LogP contribution in [0.5, 0.6) is 0 Å². The van der Waals surface area contributed by atoms with E-state index >= 15 is 0 Å². The molecule has 0 spiro atoms. The predicted molar refractivity (Wildman–Crippen MR) is 46.6 cm³/mol. The van der Waals surface area contributed by atoms with E-state index in [4.69, 9.17) is 20.1 Å². The van der Waals surface area contributed by atoms with Crippen molar-refractivity contribution in [2.24, 2.45) is 0 Å². The molecule has 5 nitrogen and oxygen atoms in total. The van der Waals surface area contributed by atoms with E-state index in [1.165, 1.54) is 0 Å². The molecule has 0 aliphatic carbocycles. The molecule has 0 aromatic carbocycles. The Bertz CT molecular complexity index is 109. The third-order valence-corrected chi connectivity index (χ3v) is 0.771. The van der Waals surface area contributed by atoms with Crippen molar-refractivity contribution < 1.29 is 24.6 Å². The molecule has 0 aromatic rings. The molecule has 2 N–H and O–H groups in total. The van der Waals surface area contributed by atoms with Crippen molar-refractivity contribution in [2.45, 2.75) is 0 Å². The quantitative estimate of drug-likeness (QED) is 0.393. The molecule has 0 rings (SSSR count). The zero-order valence-corrected chi connectivity index (χ0v) is 7.07.